The molecule has 0 fully saturated rings. The van der Waals surface area contributed by atoms with Gasteiger partial charge in [-0.25, -0.2) is 4.79 Å². The number of likely N-dealkylation sites (N-methyl/N-ethyl adjacent to an activating group) is 1. The molecular formula is C22H19ClN4O5. The average Bonchev–Trinajstić information content (AvgIpc) is 2.74. The van der Waals surface area contributed by atoms with Crippen molar-refractivity contribution in [3.63, 3.8) is 0 Å². The van der Waals surface area contributed by atoms with Gasteiger partial charge in [-0.2, -0.15) is 0 Å². The molecule has 1 aromatic heterocycles. The molecule has 0 N–H and O–H groups in total. The van der Waals surface area contributed by atoms with Gasteiger partial charge in [0.25, 0.3) is 11.2 Å². The number of halogens is 1. The van der Waals surface area contributed by atoms with Crippen molar-refractivity contribution >= 4 is 39.8 Å². The van der Waals surface area contributed by atoms with Gasteiger partial charge in [0.1, 0.15) is 5.52 Å². The third kappa shape index (κ3) is 3.22. The summed E-state index contributed by atoms with van der Waals surface area (Å²) in [6, 6.07) is 13.7. The lowest BCUT2D eigenvalue weighted by molar-refractivity contribution is -0.384. The highest BCUT2D eigenvalue weighted by molar-refractivity contribution is 5.93. The number of fused-ring (bicyclic) bond motifs is 3. The van der Waals surface area contributed by atoms with Gasteiger partial charge in [-0.15, -0.1) is 12.4 Å². The van der Waals surface area contributed by atoms with Gasteiger partial charge in [0.2, 0.25) is 0 Å². The largest absolute Gasteiger partial charge is 0.453 e. The molecule has 0 unspecified atom stereocenters. The molecule has 0 spiro atoms. The number of ether oxygens (including phenoxy) is 1. The molecule has 1 aliphatic rings. The van der Waals surface area contributed by atoms with Crippen LogP contribution in [0.4, 0.5) is 5.69 Å². The van der Waals surface area contributed by atoms with Crippen molar-refractivity contribution in [1.82, 2.24) is 14.0 Å². The summed E-state index contributed by atoms with van der Waals surface area (Å²) in [6.07, 6.45) is 0. The van der Waals surface area contributed by atoms with Crippen LogP contribution in [0.15, 0.2) is 58.1 Å². The van der Waals surface area contributed by atoms with Crippen LogP contribution in [-0.4, -0.2) is 39.6 Å². The summed E-state index contributed by atoms with van der Waals surface area (Å²) < 4.78 is 8.53. The predicted octanol–water partition coefficient (Wildman–Crippen LogP) is 3.30. The van der Waals surface area contributed by atoms with E-state index in [1.165, 1.54) is 16.7 Å². The fourth-order valence-electron chi connectivity index (χ4n) is 3.92. The van der Waals surface area contributed by atoms with Crippen LogP contribution in [0, 0.1) is 10.1 Å². The zero-order chi connectivity index (χ0) is 21.9. The third-order valence-electron chi connectivity index (χ3n) is 5.45. The molecule has 5 rings (SSSR count). The molecule has 0 bridgehead atoms. The van der Waals surface area contributed by atoms with E-state index in [4.69, 9.17) is 4.74 Å². The highest BCUT2D eigenvalue weighted by atomic mass is 35.5. The van der Waals surface area contributed by atoms with E-state index in [0.29, 0.717) is 18.0 Å². The maximum absolute atomic E-state index is 13.5. The topological polar surface area (TPSA) is 99.6 Å². The summed E-state index contributed by atoms with van der Waals surface area (Å²) >= 11 is 0. The highest BCUT2D eigenvalue weighted by Crippen LogP contribution is 2.41. The summed E-state index contributed by atoms with van der Waals surface area (Å²) in [5.74, 6) is 0.508. The zero-order valence-corrected chi connectivity index (χ0v) is 18.1. The Kier molecular flexibility index (Phi) is 5.23. The summed E-state index contributed by atoms with van der Waals surface area (Å²) in [5, 5.41) is 13.4. The number of nitro groups is 1. The van der Waals surface area contributed by atoms with E-state index in [1.807, 2.05) is 49.3 Å². The van der Waals surface area contributed by atoms with Gasteiger partial charge >= 0.3 is 5.69 Å². The first-order chi connectivity index (χ1) is 14.8. The molecule has 2 heterocycles. The molecule has 9 nitrogen and oxygen atoms in total. The van der Waals surface area contributed by atoms with Crippen LogP contribution in [0.2, 0.25) is 0 Å². The van der Waals surface area contributed by atoms with Gasteiger partial charge in [0, 0.05) is 19.2 Å². The molecule has 1 aliphatic heterocycles. The van der Waals surface area contributed by atoms with Crippen molar-refractivity contribution in [1.29, 1.82) is 0 Å². The van der Waals surface area contributed by atoms with E-state index in [0.717, 1.165) is 15.3 Å². The van der Waals surface area contributed by atoms with Crippen LogP contribution in [0.5, 0.6) is 11.5 Å². The highest BCUT2D eigenvalue weighted by Gasteiger charge is 2.28. The van der Waals surface area contributed by atoms with Gasteiger partial charge in [0.15, 0.2) is 11.5 Å². The Bertz CT molecular complexity index is 1520. The second-order valence-corrected chi connectivity index (χ2v) is 7.74. The second kappa shape index (κ2) is 7.77. The second-order valence-electron chi connectivity index (χ2n) is 7.74. The minimum absolute atomic E-state index is 0. The first-order valence-corrected chi connectivity index (χ1v) is 9.69. The molecule has 3 aromatic carbocycles. The van der Waals surface area contributed by atoms with E-state index in [-0.39, 0.29) is 41.3 Å². The Hall–Kier alpha value is -3.69. The smallest absolute Gasteiger partial charge is 0.336 e. The minimum Gasteiger partial charge on any atom is -0.453 e. The first-order valence-electron chi connectivity index (χ1n) is 9.69. The number of hydrogen-bond acceptors (Lipinski definition) is 6. The van der Waals surface area contributed by atoms with Crippen molar-refractivity contribution in [2.45, 2.75) is 6.54 Å². The molecule has 0 aliphatic carbocycles. The van der Waals surface area contributed by atoms with Gasteiger partial charge in [0.05, 0.1) is 22.1 Å². The summed E-state index contributed by atoms with van der Waals surface area (Å²) in [6.45, 7) is 0.617. The molecule has 4 aromatic rings. The molecule has 10 heteroatoms. The lowest BCUT2D eigenvalue weighted by atomic mass is 10.1. The van der Waals surface area contributed by atoms with Crippen molar-refractivity contribution in [3.8, 4) is 17.2 Å². The molecule has 0 amide bonds. The van der Waals surface area contributed by atoms with Crippen molar-refractivity contribution in [3.05, 3.63) is 79.5 Å². The molecule has 32 heavy (non-hydrogen) atoms. The molecule has 164 valence electrons. The van der Waals surface area contributed by atoms with E-state index in [9.17, 15) is 19.7 Å². The molecule has 0 saturated carbocycles. The van der Waals surface area contributed by atoms with E-state index < -0.39 is 16.2 Å². The van der Waals surface area contributed by atoms with Crippen molar-refractivity contribution < 1.29 is 9.66 Å². The van der Waals surface area contributed by atoms with Crippen molar-refractivity contribution in [2.24, 2.45) is 0 Å². The van der Waals surface area contributed by atoms with Gasteiger partial charge in [-0.3, -0.25) is 24.0 Å². The number of nitrogens with zero attached hydrogens (tertiary/aromatic N) is 4. The average molecular weight is 455 g/mol. The normalized spacial score (nSPS) is 11.8. The molecule has 0 atom stereocenters. The number of aromatic nitrogens is 2. The van der Waals surface area contributed by atoms with E-state index in [2.05, 4.69) is 0 Å². The van der Waals surface area contributed by atoms with Crippen LogP contribution in [0.1, 0.15) is 0 Å². The summed E-state index contributed by atoms with van der Waals surface area (Å²) in [4.78, 5) is 39.4. The van der Waals surface area contributed by atoms with Crippen LogP contribution in [-0.2, 0) is 6.54 Å². The Morgan fingerprint density at radius 1 is 1.03 bits per heavy atom. The van der Waals surface area contributed by atoms with E-state index >= 15 is 0 Å². The monoisotopic (exact) mass is 454 g/mol. The fraction of sp³-hybridized carbons (Fsp3) is 0.182. The van der Waals surface area contributed by atoms with Crippen LogP contribution >= 0.6 is 12.4 Å². The number of non-ortho nitro benzene ring substituents is 1. The minimum atomic E-state index is -0.575. The Labute approximate surface area is 187 Å². The molecule has 0 saturated heterocycles. The van der Waals surface area contributed by atoms with Gasteiger partial charge < -0.3 is 9.64 Å². The maximum atomic E-state index is 13.5. The quantitative estimate of drug-likeness (QED) is 0.305. The SMILES string of the molecule is CN(C)CCn1c(=O)c2cc([N+](=O)[O-])cc3c2n(c1=O)-c1cc2ccccc2cc1O3.Cl. The Morgan fingerprint density at radius 3 is 2.38 bits per heavy atom. The Morgan fingerprint density at radius 2 is 1.72 bits per heavy atom. The van der Waals surface area contributed by atoms with Gasteiger partial charge in [-0.1, -0.05) is 24.3 Å². The van der Waals surface area contributed by atoms with Crippen LogP contribution in [0.3, 0.4) is 0 Å². The standard InChI is InChI=1S/C22H18N4O5.ClH/c1-23(2)7-8-24-21(27)16-11-15(26(29)30)12-19-20(16)25(22(24)28)17-9-13-5-3-4-6-14(13)10-18(17)31-19;/h3-6,9-12H,7-8H2,1-2H3;1H. The zero-order valence-electron chi connectivity index (χ0n) is 17.3. The van der Waals surface area contributed by atoms with Gasteiger partial charge in [-0.05, 0) is 37.0 Å². The molecular weight excluding hydrogens is 436 g/mol. The van der Waals surface area contributed by atoms with Crippen LogP contribution in [0.25, 0.3) is 27.4 Å². The lowest BCUT2D eigenvalue weighted by Gasteiger charge is -2.24. The number of benzene rings is 3. The lowest BCUT2D eigenvalue weighted by Crippen LogP contribution is -2.42. The summed E-state index contributed by atoms with van der Waals surface area (Å²) in [7, 11) is 3.68. The fourth-order valence-corrected chi connectivity index (χ4v) is 3.92. The predicted molar refractivity (Wildman–Crippen MR) is 124 cm³/mol. The number of nitro benzene ring substituents is 1. The third-order valence-corrected chi connectivity index (χ3v) is 5.45. The number of rotatable bonds is 4. The Balaban J connectivity index is 0.00000245. The van der Waals surface area contributed by atoms with E-state index in [1.54, 1.807) is 6.07 Å². The van der Waals surface area contributed by atoms with Crippen molar-refractivity contribution in [2.75, 3.05) is 20.6 Å². The number of hydrogen-bond donors (Lipinski definition) is 0. The van der Waals surface area contributed by atoms with Crippen LogP contribution < -0.4 is 16.0 Å². The summed E-state index contributed by atoms with van der Waals surface area (Å²) in [5.41, 5.74) is -0.614. The first kappa shape index (κ1) is 21.5. The molecule has 0 radical (unpaired) electrons. The maximum Gasteiger partial charge on any atom is 0.336 e.